The molecular formula is C20H19NO3S2. The summed E-state index contributed by atoms with van der Waals surface area (Å²) in [5.41, 5.74) is 2.69. The first-order valence-electron chi connectivity index (χ1n) is 8.19. The molecule has 2 aromatic carbocycles. The van der Waals surface area contributed by atoms with Gasteiger partial charge in [0.1, 0.15) is 0 Å². The third-order valence-electron chi connectivity index (χ3n) is 3.94. The SMILES string of the molecule is CCOc1ccc(/C=C2/SC(=S)N(c3ccccc3C)C2=O)cc1OC. The van der Waals surface area contributed by atoms with Gasteiger partial charge < -0.3 is 9.47 Å². The molecule has 6 heteroatoms. The highest BCUT2D eigenvalue weighted by molar-refractivity contribution is 8.27. The van der Waals surface area contributed by atoms with Crippen molar-refractivity contribution in [1.29, 1.82) is 0 Å². The number of nitrogens with zero attached hydrogens (tertiary/aromatic N) is 1. The summed E-state index contributed by atoms with van der Waals surface area (Å²) in [6.07, 6.45) is 1.83. The molecule has 0 bridgehead atoms. The number of rotatable bonds is 5. The molecular weight excluding hydrogens is 366 g/mol. The first-order chi connectivity index (χ1) is 12.5. The van der Waals surface area contributed by atoms with E-state index in [1.165, 1.54) is 11.8 Å². The fourth-order valence-electron chi connectivity index (χ4n) is 2.69. The molecule has 2 aromatic rings. The minimum atomic E-state index is -0.109. The molecule has 0 aliphatic carbocycles. The third kappa shape index (κ3) is 3.61. The highest BCUT2D eigenvalue weighted by Gasteiger charge is 2.33. The number of anilines is 1. The second-order valence-electron chi connectivity index (χ2n) is 5.65. The average Bonchev–Trinajstić information content (AvgIpc) is 2.90. The Morgan fingerprint density at radius 2 is 1.96 bits per heavy atom. The number of aryl methyl sites for hydroxylation is 1. The molecule has 0 N–H and O–H groups in total. The van der Waals surface area contributed by atoms with Crippen LogP contribution in [-0.2, 0) is 4.79 Å². The van der Waals surface area contributed by atoms with Gasteiger partial charge in [-0.3, -0.25) is 9.69 Å². The molecule has 0 unspecified atom stereocenters. The maximum Gasteiger partial charge on any atom is 0.270 e. The number of carbonyl (C=O) groups excluding carboxylic acids is 1. The molecule has 0 spiro atoms. The standard InChI is InChI=1S/C20H19NO3S2/c1-4-24-16-10-9-14(11-17(16)23-3)12-18-19(22)21(20(25)26-18)15-8-6-5-7-13(15)2/h5-12H,4H2,1-3H3/b18-12+. The number of ether oxygens (including phenoxy) is 2. The van der Waals surface area contributed by atoms with E-state index in [4.69, 9.17) is 21.7 Å². The zero-order valence-corrected chi connectivity index (χ0v) is 16.4. The Labute approximate surface area is 162 Å². The monoisotopic (exact) mass is 385 g/mol. The van der Waals surface area contributed by atoms with Gasteiger partial charge in [-0.15, -0.1) is 0 Å². The van der Waals surface area contributed by atoms with E-state index >= 15 is 0 Å². The highest BCUT2D eigenvalue weighted by atomic mass is 32.2. The van der Waals surface area contributed by atoms with Crippen LogP contribution in [0.1, 0.15) is 18.1 Å². The third-order valence-corrected chi connectivity index (χ3v) is 5.24. The summed E-state index contributed by atoms with van der Waals surface area (Å²) in [4.78, 5) is 15.1. The van der Waals surface area contributed by atoms with Crippen molar-refractivity contribution >= 4 is 46.0 Å². The number of amides is 1. The minimum Gasteiger partial charge on any atom is -0.493 e. The van der Waals surface area contributed by atoms with Gasteiger partial charge in [0.05, 0.1) is 24.3 Å². The van der Waals surface area contributed by atoms with Crippen molar-refractivity contribution in [3.05, 3.63) is 58.5 Å². The molecule has 0 aromatic heterocycles. The lowest BCUT2D eigenvalue weighted by atomic mass is 10.1. The molecule has 134 valence electrons. The van der Waals surface area contributed by atoms with Crippen LogP contribution in [0.25, 0.3) is 6.08 Å². The summed E-state index contributed by atoms with van der Waals surface area (Å²) in [6.45, 7) is 4.45. The van der Waals surface area contributed by atoms with E-state index < -0.39 is 0 Å². The molecule has 3 rings (SSSR count). The molecule has 0 atom stereocenters. The molecule has 1 aliphatic rings. The number of benzene rings is 2. The minimum absolute atomic E-state index is 0.109. The van der Waals surface area contributed by atoms with Gasteiger partial charge in [0.2, 0.25) is 0 Å². The lowest BCUT2D eigenvalue weighted by molar-refractivity contribution is -0.113. The zero-order valence-electron chi connectivity index (χ0n) is 14.8. The molecule has 1 saturated heterocycles. The van der Waals surface area contributed by atoms with E-state index in [2.05, 4.69) is 0 Å². The van der Waals surface area contributed by atoms with Crippen LogP contribution >= 0.6 is 24.0 Å². The lowest BCUT2D eigenvalue weighted by Crippen LogP contribution is -2.28. The van der Waals surface area contributed by atoms with Crippen LogP contribution < -0.4 is 14.4 Å². The van der Waals surface area contributed by atoms with Gasteiger partial charge in [0.15, 0.2) is 15.8 Å². The summed E-state index contributed by atoms with van der Waals surface area (Å²) >= 11 is 6.74. The van der Waals surface area contributed by atoms with Gasteiger partial charge in [-0.1, -0.05) is 48.2 Å². The molecule has 1 aliphatic heterocycles. The molecule has 0 radical (unpaired) electrons. The predicted octanol–water partition coefficient (Wildman–Crippen LogP) is 4.81. The van der Waals surface area contributed by atoms with Crippen molar-refractivity contribution in [3.8, 4) is 11.5 Å². The number of thioether (sulfide) groups is 1. The number of hydrogen-bond acceptors (Lipinski definition) is 5. The Kier molecular flexibility index (Phi) is 5.64. The maximum atomic E-state index is 12.9. The van der Waals surface area contributed by atoms with Crippen LogP contribution in [0.15, 0.2) is 47.4 Å². The fraction of sp³-hybridized carbons (Fsp3) is 0.200. The molecule has 1 amide bonds. The molecule has 26 heavy (non-hydrogen) atoms. The van der Waals surface area contributed by atoms with Crippen LogP contribution in [0.2, 0.25) is 0 Å². The first-order valence-corrected chi connectivity index (χ1v) is 9.42. The summed E-state index contributed by atoms with van der Waals surface area (Å²) in [6, 6.07) is 13.3. The largest absolute Gasteiger partial charge is 0.493 e. The molecule has 4 nitrogen and oxygen atoms in total. The van der Waals surface area contributed by atoms with Gasteiger partial charge in [-0.25, -0.2) is 0 Å². The van der Waals surface area contributed by atoms with Gasteiger partial charge in [-0.2, -0.15) is 0 Å². The van der Waals surface area contributed by atoms with E-state index in [0.29, 0.717) is 27.3 Å². The second kappa shape index (κ2) is 7.93. The normalized spacial score (nSPS) is 15.7. The Hall–Kier alpha value is -2.31. The maximum absolute atomic E-state index is 12.9. The predicted molar refractivity (Wildman–Crippen MR) is 111 cm³/mol. The van der Waals surface area contributed by atoms with Crippen LogP contribution in [0.3, 0.4) is 0 Å². The summed E-state index contributed by atoms with van der Waals surface area (Å²) in [5, 5.41) is 0. The van der Waals surface area contributed by atoms with Crippen molar-refractivity contribution in [2.24, 2.45) is 0 Å². The average molecular weight is 386 g/mol. The first kappa shape index (κ1) is 18.5. The van der Waals surface area contributed by atoms with Crippen molar-refractivity contribution < 1.29 is 14.3 Å². The zero-order chi connectivity index (χ0) is 18.7. The van der Waals surface area contributed by atoms with Crippen LogP contribution in [0, 0.1) is 6.92 Å². The number of thiocarbonyl (C=S) groups is 1. The fourth-order valence-corrected chi connectivity index (χ4v) is 3.97. The van der Waals surface area contributed by atoms with E-state index in [-0.39, 0.29) is 5.91 Å². The quantitative estimate of drug-likeness (QED) is 0.546. The number of methoxy groups -OCH3 is 1. The Morgan fingerprint density at radius 1 is 1.19 bits per heavy atom. The number of hydrogen-bond donors (Lipinski definition) is 0. The topological polar surface area (TPSA) is 38.8 Å². The molecule has 1 fully saturated rings. The van der Waals surface area contributed by atoms with Crippen LogP contribution in [0.5, 0.6) is 11.5 Å². The Balaban J connectivity index is 1.92. The van der Waals surface area contributed by atoms with E-state index in [1.807, 2.05) is 62.4 Å². The van der Waals surface area contributed by atoms with Gasteiger partial charge in [0, 0.05) is 0 Å². The van der Waals surface area contributed by atoms with Crippen LogP contribution in [0.4, 0.5) is 5.69 Å². The summed E-state index contributed by atoms with van der Waals surface area (Å²) < 4.78 is 11.4. The van der Waals surface area contributed by atoms with E-state index in [0.717, 1.165) is 16.8 Å². The van der Waals surface area contributed by atoms with Crippen molar-refractivity contribution in [1.82, 2.24) is 0 Å². The molecule has 0 saturated carbocycles. The summed E-state index contributed by atoms with van der Waals surface area (Å²) in [5.74, 6) is 1.21. The highest BCUT2D eigenvalue weighted by Crippen LogP contribution is 2.38. The van der Waals surface area contributed by atoms with Gasteiger partial charge in [0.25, 0.3) is 5.91 Å². The Morgan fingerprint density at radius 3 is 2.65 bits per heavy atom. The lowest BCUT2D eigenvalue weighted by Gasteiger charge is -2.16. The van der Waals surface area contributed by atoms with E-state index in [1.54, 1.807) is 12.0 Å². The Bertz CT molecular complexity index is 892. The van der Waals surface area contributed by atoms with Gasteiger partial charge >= 0.3 is 0 Å². The number of carbonyl (C=O) groups is 1. The van der Waals surface area contributed by atoms with Crippen molar-refractivity contribution in [3.63, 3.8) is 0 Å². The van der Waals surface area contributed by atoms with Crippen LogP contribution in [-0.4, -0.2) is 23.9 Å². The van der Waals surface area contributed by atoms with Gasteiger partial charge in [-0.05, 0) is 49.2 Å². The van der Waals surface area contributed by atoms with Crippen molar-refractivity contribution in [2.75, 3.05) is 18.6 Å². The smallest absolute Gasteiger partial charge is 0.270 e. The van der Waals surface area contributed by atoms with Crippen molar-refractivity contribution in [2.45, 2.75) is 13.8 Å². The van der Waals surface area contributed by atoms with E-state index in [9.17, 15) is 4.79 Å². The molecule has 1 heterocycles. The second-order valence-corrected chi connectivity index (χ2v) is 7.32. The number of para-hydroxylation sites is 1. The summed E-state index contributed by atoms with van der Waals surface area (Å²) in [7, 11) is 1.60.